The number of urea groups is 1. The van der Waals surface area contributed by atoms with E-state index in [1.165, 1.54) is 11.1 Å². The Hall–Kier alpha value is -2.90. The van der Waals surface area contributed by atoms with Crippen molar-refractivity contribution in [2.75, 3.05) is 13.1 Å². The zero-order valence-corrected chi connectivity index (χ0v) is 17.8. The van der Waals surface area contributed by atoms with Crippen LogP contribution in [0.25, 0.3) is 0 Å². The predicted octanol–water partition coefficient (Wildman–Crippen LogP) is 1.82. The van der Waals surface area contributed by atoms with Crippen molar-refractivity contribution in [2.45, 2.75) is 63.5 Å². The van der Waals surface area contributed by atoms with Crippen molar-refractivity contribution < 1.29 is 14.4 Å². The molecule has 0 spiro atoms. The first-order chi connectivity index (χ1) is 15.0. The van der Waals surface area contributed by atoms with E-state index in [2.05, 4.69) is 34.8 Å². The maximum atomic E-state index is 13.2. The summed E-state index contributed by atoms with van der Waals surface area (Å²) in [7, 11) is 0. The average molecular weight is 426 g/mol. The number of hydrogen-bond donors (Lipinski definition) is 2. The highest BCUT2D eigenvalue weighted by atomic mass is 16.2. The average Bonchev–Trinajstić information content (AvgIpc) is 3.50. The number of nitrogens with two attached hydrogens (primary N) is 1. The normalized spacial score (nSPS) is 23.5. The van der Waals surface area contributed by atoms with Gasteiger partial charge in [-0.2, -0.15) is 5.10 Å². The molecule has 1 aromatic rings. The molecule has 1 aromatic carbocycles. The predicted molar refractivity (Wildman–Crippen MR) is 117 cm³/mol. The van der Waals surface area contributed by atoms with Crippen LogP contribution in [0.1, 0.15) is 49.7 Å². The van der Waals surface area contributed by atoms with Crippen LogP contribution in [0.4, 0.5) is 4.79 Å². The number of primary amides is 1. The van der Waals surface area contributed by atoms with Gasteiger partial charge >= 0.3 is 6.03 Å². The van der Waals surface area contributed by atoms with Gasteiger partial charge in [0.1, 0.15) is 6.04 Å². The fraction of sp³-hybridized carbons (Fsp3) is 0.565. The maximum absolute atomic E-state index is 13.2. The van der Waals surface area contributed by atoms with Gasteiger partial charge in [-0.15, -0.1) is 0 Å². The number of nitrogens with zero attached hydrogens (tertiary/aromatic N) is 3. The minimum Gasteiger partial charge on any atom is -0.350 e. The van der Waals surface area contributed by atoms with E-state index in [0.29, 0.717) is 31.8 Å². The number of benzene rings is 1. The van der Waals surface area contributed by atoms with Crippen LogP contribution in [0, 0.1) is 5.92 Å². The zero-order valence-electron chi connectivity index (χ0n) is 17.8. The number of rotatable bonds is 6. The number of fused-ring (bicyclic) bond motifs is 1. The van der Waals surface area contributed by atoms with Gasteiger partial charge in [0.2, 0.25) is 11.8 Å². The molecule has 4 rings (SSSR count). The van der Waals surface area contributed by atoms with Gasteiger partial charge in [0.15, 0.2) is 0 Å². The van der Waals surface area contributed by atoms with Crippen LogP contribution >= 0.6 is 0 Å². The highest BCUT2D eigenvalue weighted by Gasteiger charge is 2.39. The van der Waals surface area contributed by atoms with Crippen LogP contribution in [0.2, 0.25) is 0 Å². The number of hydrogen-bond acceptors (Lipinski definition) is 4. The van der Waals surface area contributed by atoms with Crippen LogP contribution in [0.15, 0.2) is 29.4 Å². The van der Waals surface area contributed by atoms with Crippen molar-refractivity contribution in [3.8, 4) is 0 Å². The van der Waals surface area contributed by atoms with E-state index in [4.69, 9.17) is 5.73 Å². The third-order valence-corrected chi connectivity index (χ3v) is 6.76. The van der Waals surface area contributed by atoms with Crippen molar-refractivity contribution in [3.05, 3.63) is 35.4 Å². The summed E-state index contributed by atoms with van der Waals surface area (Å²) in [4.78, 5) is 40.6. The Morgan fingerprint density at radius 1 is 1.06 bits per heavy atom. The number of hydrazone groups is 1. The van der Waals surface area contributed by atoms with Crippen molar-refractivity contribution in [2.24, 2.45) is 16.8 Å². The summed E-state index contributed by atoms with van der Waals surface area (Å²) < 4.78 is 0. The van der Waals surface area contributed by atoms with E-state index in [0.717, 1.165) is 38.5 Å². The van der Waals surface area contributed by atoms with Crippen LogP contribution < -0.4 is 11.2 Å². The molecule has 0 bridgehead atoms. The molecule has 0 radical (unpaired) electrons. The first-order valence-electron chi connectivity index (χ1n) is 11.3. The summed E-state index contributed by atoms with van der Waals surface area (Å²) in [5.74, 6) is 0.591. The molecule has 3 aliphatic rings. The number of carbonyl (C=O) groups is 3. The molecule has 2 saturated heterocycles. The molecule has 4 amide bonds. The van der Waals surface area contributed by atoms with E-state index in [9.17, 15) is 14.4 Å². The molecule has 31 heavy (non-hydrogen) atoms. The molecule has 3 N–H and O–H groups in total. The van der Waals surface area contributed by atoms with Gasteiger partial charge in [-0.05, 0) is 62.0 Å². The van der Waals surface area contributed by atoms with Crippen LogP contribution in [0.3, 0.4) is 0 Å². The topological polar surface area (TPSA) is 108 Å². The summed E-state index contributed by atoms with van der Waals surface area (Å²) in [6.07, 6.45) is 8.24. The minimum atomic E-state index is -0.731. The van der Waals surface area contributed by atoms with E-state index >= 15 is 0 Å². The standard InChI is InChI=1S/C23H31N5O3/c24-23(31)26-25-15-19-7-3-11-27(19)22(30)20-8-4-12-28(20)21(29)10-9-16-13-17-5-1-2-6-18(17)14-16/h1-2,5-6,15-16,19-20H,3-4,7-14H2,(H3,24,26,31)/t19-,20-/m0/s1. The second-order valence-corrected chi connectivity index (χ2v) is 8.82. The number of nitrogens with one attached hydrogen (secondary N) is 1. The molecular weight excluding hydrogens is 394 g/mol. The molecule has 1 aliphatic carbocycles. The largest absolute Gasteiger partial charge is 0.350 e. The molecule has 0 unspecified atom stereocenters. The van der Waals surface area contributed by atoms with Crippen LogP contribution in [-0.2, 0) is 22.4 Å². The molecule has 0 saturated carbocycles. The van der Waals surface area contributed by atoms with Gasteiger partial charge in [-0.1, -0.05) is 24.3 Å². The molecule has 2 heterocycles. The molecule has 166 valence electrons. The number of carbonyl (C=O) groups excluding carboxylic acids is 3. The first kappa shape index (κ1) is 21.3. The molecule has 8 heteroatoms. The van der Waals surface area contributed by atoms with Gasteiger partial charge < -0.3 is 15.5 Å². The molecular formula is C23H31N5O3. The van der Waals surface area contributed by atoms with Gasteiger partial charge in [0.25, 0.3) is 0 Å². The van der Waals surface area contributed by atoms with E-state index < -0.39 is 6.03 Å². The Bertz CT molecular complexity index is 846. The SMILES string of the molecule is NC(=O)NN=C[C@@H]1CCCN1C(=O)[C@@H]1CCCN1C(=O)CCC1Cc2ccccc2C1. The van der Waals surface area contributed by atoms with Gasteiger partial charge in [0.05, 0.1) is 6.04 Å². The highest BCUT2D eigenvalue weighted by molar-refractivity contribution is 5.90. The van der Waals surface area contributed by atoms with Gasteiger partial charge in [-0.3, -0.25) is 9.59 Å². The second kappa shape index (κ2) is 9.49. The van der Waals surface area contributed by atoms with Gasteiger partial charge in [-0.25, -0.2) is 10.2 Å². The van der Waals surface area contributed by atoms with Gasteiger partial charge in [0, 0.05) is 25.7 Å². The van der Waals surface area contributed by atoms with Crippen LogP contribution in [0.5, 0.6) is 0 Å². The Balaban J connectivity index is 1.32. The lowest BCUT2D eigenvalue weighted by atomic mass is 9.99. The Morgan fingerprint density at radius 3 is 2.45 bits per heavy atom. The van der Waals surface area contributed by atoms with E-state index in [-0.39, 0.29) is 23.9 Å². The summed E-state index contributed by atoms with van der Waals surface area (Å²) in [6, 6.07) is 7.23. The lowest BCUT2D eigenvalue weighted by Gasteiger charge is -2.30. The Kier molecular flexibility index (Phi) is 6.53. The fourth-order valence-electron chi connectivity index (χ4n) is 5.25. The van der Waals surface area contributed by atoms with E-state index in [1.54, 1.807) is 16.0 Å². The highest BCUT2D eigenvalue weighted by Crippen LogP contribution is 2.30. The Labute approximate surface area is 182 Å². The summed E-state index contributed by atoms with van der Waals surface area (Å²) in [5.41, 5.74) is 10.0. The maximum Gasteiger partial charge on any atom is 0.332 e. The minimum absolute atomic E-state index is 0.00727. The van der Waals surface area contributed by atoms with Crippen molar-refractivity contribution in [1.29, 1.82) is 0 Å². The summed E-state index contributed by atoms with van der Waals surface area (Å²) >= 11 is 0. The lowest BCUT2D eigenvalue weighted by Crippen LogP contribution is -2.49. The smallest absolute Gasteiger partial charge is 0.332 e. The molecule has 2 aliphatic heterocycles. The molecule has 0 aromatic heterocycles. The van der Waals surface area contributed by atoms with Crippen LogP contribution in [-0.4, -0.2) is 59.0 Å². The van der Waals surface area contributed by atoms with Crippen molar-refractivity contribution in [3.63, 3.8) is 0 Å². The van der Waals surface area contributed by atoms with Crippen molar-refractivity contribution >= 4 is 24.1 Å². The quantitative estimate of drug-likeness (QED) is 0.536. The third-order valence-electron chi connectivity index (χ3n) is 6.76. The third kappa shape index (κ3) is 4.89. The molecule has 2 fully saturated rings. The summed E-state index contributed by atoms with van der Waals surface area (Å²) in [6.45, 7) is 1.29. The number of amides is 4. The molecule has 2 atom stereocenters. The summed E-state index contributed by atoms with van der Waals surface area (Å²) in [5, 5.41) is 3.83. The number of likely N-dealkylation sites (tertiary alicyclic amines) is 2. The second-order valence-electron chi connectivity index (χ2n) is 8.82. The van der Waals surface area contributed by atoms with Crippen molar-refractivity contribution in [1.82, 2.24) is 15.2 Å². The monoisotopic (exact) mass is 425 g/mol. The van der Waals surface area contributed by atoms with E-state index in [1.807, 2.05) is 0 Å². The molecule has 8 nitrogen and oxygen atoms in total. The first-order valence-corrected chi connectivity index (χ1v) is 11.3. The Morgan fingerprint density at radius 2 is 1.74 bits per heavy atom. The zero-order chi connectivity index (χ0) is 21.8. The lowest BCUT2D eigenvalue weighted by molar-refractivity contribution is -0.143. The fourth-order valence-corrected chi connectivity index (χ4v) is 5.25.